The van der Waals surface area contributed by atoms with Gasteiger partial charge in [0.05, 0.1) is 11.0 Å². The number of anilines is 1. The molecule has 0 saturated heterocycles. The lowest BCUT2D eigenvalue weighted by molar-refractivity contribution is 0.0523. The third kappa shape index (κ3) is 8.19. The Kier molecular flexibility index (Phi) is 10.9. The summed E-state index contributed by atoms with van der Waals surface area (Å²) in [6.07, 6.45) is 3.55. The molecular weight excluding hydrogens is 745 g/mol. The number of amides is 1. The molecule has 9 heteroatoms. The molecule has 2 heterocycles. The van der Waals surface area contributed by atoms with E-state index in [-0.39, 0.29) is 5.71 Å². The van der Waals surface area contributed by atoms with Crippen molar-refractivity contribution in [2.75, 3.05) is 5.32 Å². The summed E-state index contributed by atoms with van der Waals surface area (Å²) in [5.74, 6) is 0.380. The number of hydrogen-bond donors (Lipinski definition) is 4. The molecule has 296 valence electrons. The number of pyridine rings is 1. The molecule has 4 N–H and O–H groups in total. The van der Waals surface area contributed by atoms with Gasteiger partial charge in [-0.25, -0.2) is 9.78 Å². The van der Waals surface area contributed by atoms with Gasteiger partial charge in [-0.3, -0.25) is 15.2 Å². The first-order valence-corrected chi connectivity index (χ1v) is 19.7. The van der Waals surface area contributed by atoms with Crippen molar-refractivity contribution in [3.63, 3.8) is 0 Å². The normalized spacial score (nSPS) is 11.5. The largest absolute Gasteiger partial charge is 0.444 e. The van der Waals surface area contributed by atoms with Gasteiger partial charge in [0.25, 0.3) is 0 Å². The van der Waals surface area contributed by atoms with Crippen molar-refractivity contribution < 1.29 is 14.3 Å². The van der Waals surface area contributed by atoms with Crippen LogP contribution in [0.1, 0.15) is 64.8 Å². The lowest BCUT2D eigenvalue weighted by Gasteiger charge is -2.38. The average Bonchev–Trinajstić information content (AvgIpc) is 3.73. The predicted octanol–water partition coefficient (Wildman–Crippen LogP) is 10.9. The minimum Gasteiger partial charge on any atom is -0.444 e. The molecule has 0 aliphatic rings. The number of aldehydes is 1. The molecular formula is C51H44N6O3. The third-order valence-electron chi connectivity index (χ3n) is 10.3. The Morgan fingerprint density at radius 3 is 2.00 bits per heavy atom. The fourth-order valence-corrected chi connectivity index (χ4v) is 7.55. The number of H-pyrrole nitrogens is 1. The number of hydrogen-bond acceptors (Lipinski definition) is 7. The van der Waals surface area contributed by atoms with Crippen molar-refractivity contribution in [2.45, 2.75) is 38.5 Å². The molecule has 0 unspecified atom stereocenters. The smallest absolute Gasteiger partial charge is 0.407 e. The molecule has 9 nitrogen and oxygen atoms in total. The van der Waals surface area contributed by atoms with Crippen LogP contribution in [0.25, 0.3) is 33.3 Å². The minimum atomic E-state index is -0.871. The summed E-state index contributed by atoms with van der Waals surface area (Å²) in [4.78, 5) is 37.1. The Bertz CT molecular complexity index is 2720. The molecule has 8 rings (SSSR count). The number of ether oxygens (including phenoxy) is 1. The third-order valence-corrected chi connectivity index (χ3v) is 10.3. The van der Waals surface area contributed by atoms with Crippen LogP contribution in [-0.4, -0.2) is 38.6 Å². The highest BCUT2D eigenvalue weighted by Crippen LogP contribution is 2.42. The Morgan fingerprint density at radius 2 is 1.37 bits per heavy atom. The van der Waals surface area contributed by atoms with Crippen LogP contribution in [0.4, 0.5) is 10.5 Å². The number of nitrogens with zero attached hydrogens (tertiary/aromatic N) is 2. The van der Waals surface area contributed by atoms with Gasteiger partial charge < -0.3 is 20.4 Å². The van der Waals surface area contributed by atoms with E-state index in [1.165, 1.54) is 6.20 Å². The fourth-order valence-electron chi connectivity index (χ4n) is 7.55. The molecule has 1 amide bonds. The van der Waals surface area contributed by atoms with Crippen LogP contribution in [0.3, 0.4) is 0 Å². The second-order valence-corrected chi connectivity index (χ2v) is 15.6. The van der Waals surface area contributed by atoms with E-state index in [0.717, 1.165) is 56.3 Å². The summed E-state index contributed by atoms with van der Waals surface area (Å²) in [7, 11) is 0. The first kappa shape index (κ1) is 39.2. The summed E-state index contributed by atoms with van der Waals surface area (Å²) < 4.78 is 5.43. The van der Waals surface area contributed by atoms with Gasteiger partial charge in [-0.2, -0.15) is 0 Å². The number of para-hydroxylation sites is 1. The van der Waals surface area contributed by atoms with Crippen molar-refractivity contribution in [3.8, 4) is 22.3 Å². The summed E-state index contributed by atoms with van der Waals surface area (Å²) in [6, 6.07) is 52.5. The number of fused-ring (bicyclic) bond motifs is 1. The Hall–Kier alpha value is -7.65. The summed E-state index contributed by atoms with van der Waals surface area (Å²) in [6.45, 7) is 5.79. The van der Waals surface area contributed by atoms with Gasteiger partial charge in [0, 0.05) is 46.9 Å². The summed E-state index contributed by atoms with van der Waals surface area (Å²) >= 11 is 0. The standard InChI is InChI=1S/C51H44N6O3/c1-50(2,3)60-49(59)54-31-34-15-13-16-37(27-34)42-23-14-24-45-47(42)56-48(55-45)46(52)43-29-36(38-28-35(33-58)30-53-32-38)25-26-44(43)57-51(39-17-7-4-8-18-39,40-19-9-5-10-20-40)41-21-11-6-12-22-41/h4-30,32-33,52,57H,31H2,1-3H3,(H,54,59)(H,55,56). The van der Waals surface area contributed by atoms with Crippen LogP contribution in [0.5, 0.6) is 0 Å². The fraction of sp³-hybridized carbons (Fsp3) is 0.118. The first-order valence-electron chi connectivity index (χ1n) is 19.7. The molecule has 0 saturated carbocycles. The molecule has 0 radical (unpaired) electrons. The zero-order valence-electron chi connectivity index (χ0n) is 33.6. The molecule has 0 aliphatic heterocycles. The number of nitrogens with one attached hydrogen (secondary N) is 4. The number of carbonyl (C=O) groups excluding carboxylic acids is 2. The monoisotopic (exact) mass is 788 g/mol. The molecule has 2 aromatic heterocycles. The number of aromatic amines is 1. The second-order valence-electron chi connectivity index (χ2n) is 15.6. The molecule has 8 aromatic rings. The van der Waals surface area contributed by atoms with Crippen molar-refractivity contribution in [2.24, 2.45) is 0 Å². The van der Waals surface area contributed by atoms with E-state index in [0.29, 0.717) is 34.7 Å². The number of benzene rings is 6. The maximum atomic E-state index is 12.4. The Morgan fingerprint density at radius 1 is 0.717 bits per heavy atom. The molecule has 0 bridgehead atoms. The van der Waals surface area contributed by atoms with Gasteiger partial charge in [-0.05, 0) is 84.5 Å². The topological polar surface area (TPSA) is 133 Å². The van der Waals surface area contributed by atoms with Crippen LogP contribution in [0.2, 0.25) is 0 Å². The molecule has 0 aliphatic carbocycles. The Balaban J connectivity index is 1.24. The lowest BCUT2D eigenvalue weighted by atomic mass is 9.76. The van der Waals surface area contributed by atoms with E-state index in [1.807, 2.05) is 136 Å². The van der Waals surface area contributed by atoms with Gasteiger partial charge in [0.1, 0.15) is 16.9 Å². The van der Waals surface area contributed by atoms with Crippen LogP contribution in [-0.2, 0) is 16.8 Å². The lowest BCUT2D eigenvalue weighted by Crippen LogP contribution is -2.38. The molecule has 0 spiro atoms. The number of carbonyl (C=O) groups is 2. The zero-order valence-corrected chi connectivity index (χ0v) is 33.6. The molecule has 6 aromatic carbocycles. The van der Waals surface area contributed by atoms with Gasteiger partial charge in [-0.15, -0.1) is 0 Å². The number of alkyl carbamates (subject to hydrolysis) is 1. The van der Waals surface area contributed by atoms with Gasteiger partial charge in [-0.1, -0.05) is 127 Å². The van der Waals surface area contributed by atoms with Crippen molar-refractivity contribution >= 4 is 34.8 Å². The number of rotatable bonds is 12. The van der Waals surface area contributed by atoms with E-state index in [9.17, 15) is 15.0 Å². The highest BCUT2D eigenvalue weighted by molar-refractivity contribution is 6.14. The van der Waals surface area contributed by atoms with E-state index >= 15 is 0 Å². The first-order chi connectivity index (χ1) is 29.1. The van der Waals surface area contributed by atoms with Crippen molar-refractivity contribution in [3.05, 3.63) is 209 Å². The van der Waals surface area contributed by atoms with E-state index in [2.05, 4.69) is 57.0 Å². The quantitative estimate of drug-likeness (QED) is 0.0553. The van der Waals surface area contributed by atoms with Crippen LogP contribution >= 0.6 is 0 Å². The average molecular weight is 789 g/mol. The van der Waals surface area contributed by atoms with Crippen LogP contribution in [0.15, 0.2) is 170 Å². The van der Waals surface area contributed by atoms with Gasteiger partial charge in [0.15, 0.2) is 12.1 Å². The zero-order chi connectivity index (χ0) is 41.7. The highest BCUT2D eigenvalue weighted by Gasteiger charge is 2.37. The van der Waals surface area contributed by atoms with Crippen LogP contribution < -0.4 is 10.6 Å². The van der Waals surface area contributed by atoms with Gasteiger partial charge >= 0.3 is 6.09 Å². The second kappa shape index (κ2) is 16.7. The van der Waals surface area contributed by atoms with Crippen molar-refractivity contribution in [1.29, 1.82) is 5.41 Å². The Labute approximate surface area is 349 Å². The molecule has 0 atom stereocenters. The summed E-state index contributed by atoms with van der Waals surface area (Å²) in [5, 5.41) is 16.7. The highest BCUT2D eigenvalue weighted by atomic mass is 16.6. The number of imidazole rings is 1. The minimum absolute atomic E-state index is 0.166. The summed E-state index contributed by atoms with van der Waals surface area (Å²) in [5.41, 5.74) is 9.19. The van der Waals surface area contributed by atoms with Crippen LogP contribution in [0, 0.1) is 5.41 Å². The molecule has 0 fully saturated rings. The maximum absolute atomic E-state index is 12.4. The van der Waals surface area contributed by atoms with E-state index < -0.39 is 17.2 Å². The molecule has 60 heavy (non-hydrogen) atoms. The SMILES string of the molecule is CC(C)(C)OC(=O)NCc1cccc(-c2cccc3[nH]c(C(=N)c4cc(-c5cncc(C=O)c5)ccc4NC(c4ccccc4)(c4ccccc4)c4ccccc4)nc23)c1. The van der Waals surface area contributed by atoms with E-state index in [4.69, 9.17) is 9.72 Å². The number of aromatic nitrogens is 3. The predicted molar refractivity (Wildman–Crippen MR) is 238 cm³/mol. The van der Waals surface area contributed by atoms with E-state index in [1.54, 1.807) is 12.3 Å². The van der Waals surface area contributed by atoms with Crippen molar-refractivity contribution in [1.82, 2.24) is 20.3 Å². The van der Waals surface area contributed by atoms with Gasteiger partial charge in [0.2, 0.25) is 0 Å². The maximum Gasteiger partial charge on any atom is 0.407 e.